The van der Waals surface area contributed by atoms with E-state index in [1.807, 2.05) is 31.3 Å². The van der Waals surface area contributed by atoms with E-state index in [-0.39, 0.29) is 5.60 Å². The molecular weight excluding hydrogens is 236 g/mol. The Labute approximate surface area is 115 Å². The molecule has 0 aliphatic heterocycles. The second-order valence-electron chi connectivity index (χ2n) is 5.38. The van der Waals surface area contributed by atoms with Crippen LogP contribution in [0.15, 0.2) is 30.3 Å². The fourth-order valence-corrected chi connectivity index (χ4v) is 1.96. The lowest BCUT2D eigenvalue weighted by Crippen LogP contribution is -2.27. The van der Waals surface area contributed by atoms with Gasteiger partial charge in [-0.15, -0.1) is 0 Å². The SMILES string of the molecule is CCC(C)(C)Oc1cc(CNC)c2ccccc2n1. The topological polar surface area (TPSA) is 34.1 Å². The van der Waals surface area contributed by atoms with Crippen molar-refractivity contribution in [2.45, 2.75) is 39.3 Å². The van der Waals surface area contributed by atoms with Crippen molar-refractivity contribution in [3.05, 3.63) is 35.9 Å². The minimum absolute atomic E-state index is 0.188. The van der Waals surface area contributed by atoms with Crippen molar-refractivity contribution in [2.75, 3.05) is 7.05 Å². The van der Waals surface area contributed by atoms with E-state index in [1.54, 1.807) is 0 Å². The summed E-state index contributed by atoms with van der Waals surface area (Å²) >= 11 is 0. The Morgan fingerprint density at radius 1 is 1.26 bits per heavy atom. The summed E-state index contributed by atoms with van der Waals surface area (Å²) in [5, 5.41) is 4.38. The lowest BCUT2D eigenvalue weighted by molar-refractivity contribution is 0.0994. The Balaban J connectivity index is 2.46. The molecule has 0 saturated heterocycles. The number of ether oxygens (including phenoxy) is 1. The third-order valence-electron chi connectivity index (χ3n) is 3.38. The average molecular weight is 258 g/mol. The van der Waals surface area contributed by atoms with E-state index in [0.29, 0.717) is 5.88 Å². The molecule has 0 saturated carbocycles. The summed E-state index contributed by atoms with van der Waals surface area (Å²) in [5.74, 6) is 0.704. The van der Waals surface area contributed by atoms with Crippen molar-refractivity contribution in [3.8, 4) is 5.88 Å². The fourth-order valence-electron chi connectivity index (χ4n) is 1.96. The summed E-state index contributed by atoms with van der Waals surface area (Å²) in [6.45, 7) is 7.10. The summed E-state index contributed by atoms with van der Waals surface area (Å²) in [6, 6.07) is 10.2. The molecular formula is C16H22N2O. The van der Waals surface area contributed by atoms with E-state index < -0.39 is 0 Å². The van der Waals surface area contributed by atoms with Gasteiger partial charge in [0, 0.05) is 18.0 Å². The smallest absolute Gasteiger partial charge is 0.214 e. The maximum atomic E-state index is 6.01. The number of para-hydroxylation sites is 1. The van der Waals surface area contributed by atoms with Crippen LogP contribution in [0, 0.1) is 0 Å². The number of fused-ring (bicyclic) bond motifs is 1. The molecule has 0 bridgehead atoms. The molecule has 0 unspecified atom stereocenters. The van der Waals surface area contributed by atoms with Gasteiger partial charge in [-0.1, -0.05) is 25.1 Å². The monoisotopic (exact) mass is 258 g/mol. The van der Waals surface area contributed by atoms with Gasteiger partial charge in [0.1, 0.15) is 5.60 Å². The lowest BCUT2D eigenvalue weighted by atomic mass is 10.1. The third-order valence-corrected chi connectivity index (χ3v) is 3.38. The van der Waals surface area contributed by atoms with E-state index in [0.717, 1.165) is 18.5 Å². The maximum absolute atomic E-state index is 6.01. The highest BCUT2D eigenvalue weighted by Crippen LogP contribution is 2.25. The molecule has 0 aliphatic rings. The lowest BCUT2D eigenvalue weighted by Gasteiger charge is -2.24. The van der Waals surface area contributed by atoms with Crippen LogP contribution >= 0.6 is 0 Å². The van der Waals surface area contributed by atoms with Gasteiger partial charge < -0.3 is 10.1 Å². The highest BCUT2D eigenvalue weighted by Gasteiger charge is 2.18. The van der Waals surface area contributed by atoms with Crippen molar-refractivity contribution in [3.63, 3.8) is 0 Å². The Morgan fingerprint density at radius 3 is 2.68 bits per heavy atom. The molecule has 0 aliphatic carbocycles. The molecule has 1 N–H and O–H groups in total. The van der Waals surface area contributed by atoms with E-state index >= 15 is 0 Å². The number of rotatable bonds is 5. The molecule has 1 aromatic carbocycles. The first-order valence-electron chi connectivity index (χ1n) is 6.78. The number of nitrogens with one attached hydrogen (secondary N) is 1. The Bertz CT molecular complexity index is 564. The Kier molecular flexibility index (Phi) is 4.05. The predicted molar refractivity (Wildman–Crippen MR) is 79.5 cm³/mol. The van der Waals surface area contributed by atoms with Crippen LogP contribution in [0.2, 0.25) is 0 Å². The molecule has 3 heteroatoms. The molecule has 2 rings (SSSR count). The number of pyridine rings is 1. The average Bonchev–Trinajstić information content (AvgIpc) is 2.39. The van der Waals surface area contributed by atoms with E-state index in [4.69, 9.17) is 4.74 Å². The highest BCUT2D eigenvalue weighted by molar-refractivity contribution is 5.82. The summed E-state index contributed by atoms with van der Waals surface area (Å²) in [5.41, 5.74) is 2.01. The first kappa shape index (κ1) is 13.8. The van der Waals surface area contributed by atoms with Gasteiger partial charge in [-0.2, -0.15) is 0 Å². The van der Waals surface area contributed by atoms with Gasteiger partial charge in [-0.25, -0.2) is 4.98 Å². The third kappa shape index (κ3) is 3.24. The van der Waals surface area contributed by atoms with E-state index in [9.17, 15) is 0 Å². The molecule has 1 aromatic heterocycles. The van der Waals surface area contributed by atoms with E-state index in [2.05, 4.69) is 37.1 Å². The first-order valence-corrected chi connectivity index (χ1v) is 6.78. The highest BCUT2D eigenvalue weighted by atomic mass is 16.5. The molecule has 0 fully saturated rings. The number of hydrogen-bond donors (Lipinski definition) is 1. The van der Waals surface area contributed by atoms with Crippen molar-refractivity contribution >= 4 is 10.9 Å². The number of benzene rings is 1. The Morgan fingerprint density at radius 2 is 2.00 bits per heavy atom. The van der Waals surface area contributed by atoms with Crippen molar-refractivity contribution in [1.82, 2.24) is 10.3 Å². The van der Waals surface area contributed by atoms with Gasteiger partial charge in [-0.05, 0) is 38.9 Å². The van der Waals surface area contributed by atoms with E-state index in [1.165, 1.54) is 10.9 Å². The molecule has 0 radical (unpaired) electrons. The zero-order valence-corrected chi connectivity index (χ0v) is 12.2. The van der Waals surface area contributed by atoms with Crippen molar-refractivity contribution < 1.29 is 4.74 Å². The summed E-state index contributed by atoms with van der Waals surface area (Å²) in [4.78, 5) is 4.60. The fraction of sp³-hybridized carbons (Fsp3) is 0.438. The molecule has 1 heterocycles. The van der Waals surface area contributed by atoms with Gasteiger partial charge in [-0.3, -0.25) is 0 Å². The standard InChI is InChI=1S/C16H22N2O/c1-5-16(2,3)19-15-10-12(11-17-4)13-8-6-7-9-14(13)18-15/h6-10,17H,5,11H2,1-4H3. The van der Waals surface area contributed by atoms with Gasteiger partial charge in [0.05, 0.1) is 5.52 Å². The van der Waals surface area contributed by atoms with Crippen LogP contribution in [0.1, 0.15) is 32.8 Å². The molecule has 0 amide bonds. The largest absolute Gasteiger partial charge is 0.472 e. The number of aromatic nitrogens is 1. The van der Waals surface area contributed by atoms with Gasteiger partial charge in [0.15, 0.2) is 0 Å². The molecule has 0 atom stereocenters. The second-order valence-corrected chi connectivity index (χ2v) is 5.38. The van der Waals surface area contributed by atoms with Gasteiger partial charge >= 0.3 is 0 Å². The van der Waals surface area contributed by atoms with Gasteiger partial charge in [0.25, 0.3) is 0 Å². The molecule has 0 spiro atoms. The van der Waals surface area contributed by atoms with Crippen LogP contribution in [0.25, 0.3) is 10.9 Å². The summed E-state index contributed by atoms with van der Waals surface area (Å²) in [7, 11) is 1.95. The minimum atomic E-state index is -0.188. The van der Waals surface area contributed by atoms with Crippen molar-refractivity contribution in [1.29, 1.82) is 0 Å². The maximum Gasteiger partial charge on any atom is 0.214 e. The molecule has 2 aromatic rings. The van der Waals surface area contributed by atoms with Crippen molar-refractivity contribution in [2.24, 2.45) is 0 Å². The number of hydrogen-bond acceptors (Lipinski definition) is 3. The zero-order chi connectivity index (χ0) is 13.9. The molecule has 3 nitrogen and oxygen atoms in total. The second kappa shape index (κ2) is 5.57. The Hall–Kier alpha value is -1.61. The number of nitrogens with zero attached hydrogens (tertiary/aromatic N) is 1. The first-order chi connectivity index (χ1) is 9.05. The summed E-state index contributed by atoms with van der Waals surface area (Å²) < 4.78 is 6.01. The van der Waals surface area contributed by atoms with Crippen LogP contribution in [-0.4, -0.2) is 17.6 Å². The van der Waals surface area contributed by atoms with Crippen LogP contribution in [0.5, 0.6) is 5.88 Å². The summed E-state index contributed by atoms with van der Waals surface area (Å²) in [6.07, 6.45) is 0.947. The van der Waals surface area contributed by atoms with Crippen LogP contribution in [-0.2, 0) is 6.54 Å². The molecule has 19 heavy (non-hydrogen) atoms. The molecule has 102 valence electrons. The van der Waals surface area contributed by atoms with Crippen LogP contribution in [0.4, 0.5) is 0 Å². The van der Waals surface area contributed by atoms with Crippen LogP contribution < -0.4 is 10.1 Å². The van der Waals surface area contributed by atoms with Gasteiger partial charge in [0.2, 0.25) is 5.88 Å². The zero-order valence-electron chi connectivity index (χ0n) is 12.2. The predicted octanol–water partition coefficient (Wildman–Crippen LogP) is 3.52. The normalized spacial score (nSPS) is 11.8. The van der Waals surface area contributed by atoms with Crippen LogP contribution in [0.3, 0.4) is 0 Å². The minimum Gasteiger partial charge on any atom is -0.472 e. The quantitative estimate of drug-likeness (QED) is 0.891.